The highest BCUT2D eigenvalue weighted by atomic mass is 35.5. The number of ether oxygens (including phenoxy) is 1. The Bertz CT molecular complexity index is 2390. The van der Waals surface area contributed by atoms with Gasteiger partial charge in [0.2, 0.25) is 0 Å². The van der Waals surface area contributed by atoms with Crippen LogP contribution in [0.25, 0.3) is 17.0 Å². The van der Waals surface area contributed by atoms with Gasteiger partial charge in [0.05, 0.1) is 29.0 Å². The van der Waals surface area contributed by atoms with Gasteiger partial charge in [-0.3, -0.25) is 14.2 Å². The van der Waals surface area contributed by atoms with Crippen molar-refractivity contribution in [2.24, 2.45) is 4.99 Å². The zero-order valence-corrected chi connectivity index (χ0v) is 27.7. The third-order valence-corrected chi connectivity index (χ3v) is 9.74. The van der Waals surface area contributed by atoms with Gasteiger partial charge in [0.15, 0.2) is 4.80 Å². The summed E-state index contributed by atoms with van der Waals surface area (Å²) in [7, 11) is 1.59. The number of methoxy groups -OCH3 is 1. The lowest BCUT2D eigenvalue weighted by Gasteiger charge is -2.25. The number of hydrogen-bond donors (Lipinski definition) is 1. The monoisotopic (exact) mass is 678 g/mol. The second kappa shape index (κ2) is 12.7. The van der Waals surface area contributed by atoms with Crippen molar-refractivity contribution in [1.29, 1.82) is 0 Å². The second-order valence-electron chi connectivity index (χ2n) is 11.1. The van der Waals surface area contributed by atoms with E-state index in [-0.39, 0.29) is 11.5 Å². The maximum Gasteiger partial charge on any atom is 0.271 e. The molecule has 0 bridgehead atoms. The smallest absolute Gasteiger partial charge is 0.271 e. The molecule has 234 valence electrons. The van der Waals surface area contributed by atoms with Crippen molar-refractivity contribution in [3.63, 3.8) is 0 Å². The van der Waals surface area contributed by atoms with Crippen molar-refractivity contribution < 1.29 is 9.53 Å². The average Bonchev–Trinajstić information content (AvgIpc) is 3.58. The number of amides is 1. The van der Waals surface area contributed by atoms with Gasteiger partial charge in [-0.2, -0.15) is 0 Å². The highest BCUT2D eigenvalue weighted by Gasteiger charge is 2.33. The Morgan fingerprint density at radius 2 is 1.79 bits per heavy atom. The van der Waals surface area contributed by atoms with Gasteiger partial charge in [-0.1, -0.05) is 89.1 Å². The molecule has 4 aromatic carbocycles. The molecule has 0 spiro atoms. The zero-order chi connectivity index (χ0) is 32.7. The summed E-state index contributed by atoms with van der Waals surface area (Å²) in [6.45, 7) is 2.33. The number of allylic oxidation sites excluding steroid dienone is 1. The van der Waals surface area contributed by atoms with Crippen LogP contribution in [0.2, 0.25) is 10.0 Å². The van der Waals surface area contributed by atoms with E-state index in [1.807, 2.05) is 103 Å². The minimum absolute atomic E-state index is 0.239. The van der Waals surface area contributed by atoms with Crippen molar-refractivity contribution in [2.75, 3.05) is 12.4 Å². The van der Waals surface area contributed by atoms with Crippen LogP contribution in [0.15, 0.2) is 124 Å². The summed E-state index contributed by atoms with van der Waals surface area (Å²) in [6.07, 6.45) is 3.93. The van der Waals surface area contributed by atoms with Crippen LogP contribution >= 0.6 is 34.5 Å². The van der Waals surface area contributed by atoms with E-state index < -0.39 is 6.04 Å². The van der Waals surface area contributed by atoms with Crippen LogP contribution < -0.4 is 24.9 Å². The number of thiazole rings is 1. The average molecular weight is 680 g/mol. The number of halogens is 2. The number of anilines is 1. The Morgan fingerprint density at radius 1 is 1.00 bits per heavy atom. The molecule has 1 N–H and O–H groups in total. The Kier molecular flexibility index (Phi) is 8.32. The van der Waals surface area contributed by atoms with Gasteiger partial charge in [0.1, 0.15) is 5.75 Å². The van der Waals surface area contributed by atoms with Crippen LogP contribution in [-0.2, 0) is 11.3 Å². The SMILES string of the molecule is COc1cccc(C2C(C(=O)Nc3ccccc3)=C(C)N=c3s/c(=C/c4cn(Cc5ccc(Cl)cc5Cl)c5ccccc45)c(=O)n32)c1. The van der Waals surface area contributed by atoms with Gasteiger partial charge < -0.3 is 14.6 Å². The number of carbonyl (C=O) groups is 1. The Balaban J connectivity index is 1.36. The van der Waals surface area contributed by atoms with E-state index in [0.29, 0.717) is 48.6 Å². The fraction of sp³-hybridized carbons (Fsp3) is 0.108. The van der Waals surface area contributed by atoms with Gasteiger partial charge >= 0.3 is 0 Å². The summed E-state index contributed by atoms with van der Waals surface area (Å²) >= 11 is 14.0. The molecule has 0 fully saturated rings. The first-order chi connectivity index (χ1) is 22.8. The molecule has 0 radical (unpaired) electrons. The van der Waals surface area contributed by atoms with E-state index in [4.69, 9.17) is 32.9 Å². The molecule has 3 heterocycles. The summed E-state index contributed by atoms with van der Waals surface area (Å²) in [5.41, 5.74) is 4.88. The fourth-order valence-corrected chi connectivity index (χ4v) is 7.46. The maximum atomic E-state index is 14.4. The summed E-state index contributed by atoms with van der Waals surface area (Å²) in [5.74, 6) is 0.291. The first-order valence-electron chi connectivity index (χ1n) is 14.9. The molecule has 0 saturated heterocycles. The van der Waals surface area contributed by atoms with Gasteiger partial charge in [0, 0.05) is 44.9 Å². The Morgan fingerprint density at radius 3 is 2.57 bits per heavy atom. The lowest BCUT2D eigenvalue weighted by molar-refractivity contribution is -0.113. The van der Waals surface area contributed by atoms with E-state index in [1.165, 1.54) is 11.3 Å². The number of rotatable bonds is 7. The number of carbonyl (C=O) groups excluding carboxylic acids is 1. The lowest BCUT2D eigenvalue weighted by atomic mass is 9.95. The minimum Gasteiger partial charge on any atom is -0.497 e. The largest absolute Gasteiger partial charge is 0.497 e. The molecule has 6 aromatic rings. The van der Waals surface area contributed by atoms with Crippen LogP contribution in [0.1, 0.15) is 29.7 Å². The summed E-state index contributed by atoms with van der Waals surface area (Å²) in [6, 6.07) is 29.5. The van der Waals surface area contributed by atoms with E-state index in [1.54, 1.807) is 24.7 Å². The number of fused-ring (bicyclic) bond motifs is 2. The van der Waals surface area contributed by atoms with E-state index in [2.05, 4.69) is 9.88 Å². The van der Waals surface area contributed by atoms with Crippen molar-refractivity contribution in [3.05, 3.63) is 161 Å². The van der Waals surface area contributed by atoms with Gasteiger partial charge in [-0.05, 0) is 66.6 Å². The molecule has 2 aromatic heterocycles. The zero-order valence-electron chi connectivity index (χ0n) is 25.4. The quantitative estimate of drug-likeness (QED) is 0.194. The molecular weight excluding hydrogens is 651 g/mol. The molecule has 0 aliphatic carbocycles. The summed E-state index contributed by atoms with van der Waals surface area (Å²) < 4.78 is 9.75. The van der Waals surface area contributed by atoms with Crippen molar-refractivity contribution in [1.82, 2.24) is 9.13 Å². The standard InChI is InChI=1S/C37H28Cl2N4O3S/c1-22-33(35(44)41-27-10-4-3-5-11-27)34(23-9-8-12-28(17-23)46-2)43-36(45)32(47-37(43)40-22)18-25-21-42(31-14-7-6-13-29(25)31)20-24-15-16-26(38)19-30(24)39/h3-19,21,34H,20H2,1-2H3,(H,41,44)/b32-18+. The molecule has 10 heteroatoms. The highest BCUT2D eigenvalue weighted by molar-refractivity contribution is 7.07. The van der Waals surface area contributed by atoms with Crippen LogP contribution in [-0.4, -0.2) is 22.2 Å². The van der Waals surface area contributed by atoms with Gasteiger partial charge in [0.25, 0.3) is 11.5 Å². The summed E-state index contributed by atoms with van der Waals surface area (Å²) in [4.78, 5) is 33.5. The van der Waals surface area contributed by atoms with E-state index in [9.17, 15) is 9.59 Å². The molecule has 1 unspecified atom stereocenters. The molecule has 1 amide bonds. The normalized spacial score (nSPS) is 14.6. The molecule has 47 heavy (non-hydrogen) atoms. The molecule has 7 nitrogen and oxygen atoms in total. The predicted molar refractivity (Wildman–Crippen MR) is 189 cm³/mol. The van der Waals surface area contributed by atoms with Crippen molar-refractivity contribution in [2.45, 2.75) is 19.5 Å². The highest BCUT2D eigenvalue weighted by Crippen LogP contribution is 2.33. The molecule has 1 aliphatic rings. The maximum absolute atomic E-state index is 14.4. The van der Waals surface area contributed by atoms with Gasteiger partial charge in [-0.25, -0.2) is 4.99 Å². The number of nitrogens with zero attached hydrogens (tertiary/aromatic N) is 3. The number of hydrogen-bond acceptors (Lipinski definition) is 5. The number of para-hydroxylation sites is 2. The lowest BCUT2D eigenvalue weighted by Crippen LogP contribution is -2.40. The topological polar surface area (TPSA) is 77.6 Å². The Hall–Kier alpha value is -4.89. The molecule has 1 aliphatic heterocycles. The molecule has 0 saturated carbocycles. The minimum atomic E-state index is -0.722. The molecule has 7 rings (SSSR count). The van der Waals surface area contributed by atoms with Crippen molar-refractivity contribution >= 4 is 63.1 Å². The molecule has 1 atom stereocenters. The first-order valence-corrected chi connectivity index (χ1v) is 16.4. The van der Waals surface area contributed by atoms with Crippen LogP contribution in [0, 0.1) is 0 Å². The van der Waals surface area contributed by atoms with Crippen LogP contribution in [0.3, 0.4) is 0 Å². The van der Waals surface area contributed by atoms with Gasteiger partial charge in [-0.15, -0.1) is 0 Å². The van der Waals surface area contributed by atoms with E-state index in [0.717, 1.165) is 27.6 Å². The van der Waals surface area contributed by atoms with Crippen LogP contribution in [0.4, 0.5) is 5.69 Å². The number of nitrogens with one attached hydrogen (secondary N) is 1. The van der Waals surface area contributed by atoms with E-state index >= 15 is 0 Å². The summed E-state index contributed by atoms with van der Waals surface area (Å²) in [5, 5.41) is 5.15. The second-order valence-corrected chi connectivity index (χ2v) is 13.0. The van der Waals surface area contributed by atoms with Crippen LogP contribution in [0.5, 0.6) is 5.75 Å². The van der Waals surface area contributed by atoms with Crippen molar-refractivity contribution in [3.8, 4) is 5.75 Å². The number of aromatic nitrogens is 2. The predicted octanol–water partition coefficient (Wildman–Crippen LogP) is 7.19. The third kappa shape index (κ3) is 5.91. The Labute approximate surface area is 284 Å². The first kappa shape index (κ1) is 30.7. The third-order valence-electron chi connectivity index (χ3n) is 8.17. The fourth-order valence-electron chi connectivity index (χ4n) is 5.95. The number of benzene rings is 4. The molecular formula is C37H28Cl2N4O3S.